The van der Waals surface area contributed by atoms with Gasteiger partial charge in [0.1, 0.15) is 12.1 Å². The number of amides is 3. The molecule has 3 amide bonds. The molecule has 0 radical (unpaired) electrons. The largest absolute Gasteiger partial charge is 0.444 e. The summed E-state index contributed by atoms with van der Waals surface area (Å²) in [4.78, 5) is 34.9. The first-order valence-corrected chi connectivity index (χ1v) is 8.82. The van der Waals surface area contributed by atoms with Crippen LogP contribution in [0.4, 0.5) is 10.5 Å². The summed E-state index contributed by atoms with van der Waals surface area (Å²) in [5, 5.41) is 7.94. The predicted molar refractivity (Wildman–Crippen MR) is 101 cm³/mol. The normalized spacial score (nSPS) is 10.8. The Balaban J connectivity index is 2.33. The van der Waals surface area contributed by atoms with Crippen molar-refractivity contribution < 1.29 is 19.1 Å². The van der Waals surface area contributed by atoms with Crippen LogP contribution in [0.1, 0.15) is 52.5 Å². The number of benzene rings is 1. The van der Waals surface area contributed by atoms with Crippen LogP contribution in [-0.2, 0) is 20.9 Å². The lowest BCUT2D eigenvalue weighted by atomic mass is 10.2. The Hall–Kier alpha value is -2.57. The summed E-state index contributed by atoms with van der Waals surface area (Å²) in [6, 6.07) is 7.25. The highest BCUT2D eigenvalue weighted by atomic mass is 16.6. The Morgan fingerprint density at radius 1 is 1.00 bits per heavy atom. The SMILES string of the molecule is CCCCC(=O)Nc1ccc(CNC(=O)CNC(=O)OC(C)(C)C)cc1. The van der Waals surface area contributed by atoms with Crippen LogP contribution < -0.4 is 16.0 Å². The number of carbonyl (C=O) groups excluding carboxylic acids is 3. The summed E-state index contributed by atoms with van der Waals surface area (Å²) >= 11 is 0. The van der Waals surface area contributed by atoms with Crippen LogP contribution in [0.15, 0.2) is 24.3 Å². The first kappa shape index (κ1) is 21.5. The van der Waals surface area contributed by atoms with Crippen molar-refractivity contribution in [1.82, 2.24) is 10.6 Å². The fourth-order valence-electron chi connectivity index (χ4n) is 2.00. The molecule has 0 aromatic heterocycles. The van der Waals surface area contributed by atoms with Crippen LogP contribution in [-0.4, -0.2) is 30.1 Å². The summed E-state index contributed by atoms with van der Waals surface area (Å²) in [5.74, 6) is -0.311. The quantitative estimate of drug-likeness (QED) is 0.661. The van der Waals surface area contributed by atoms with Gasteiger partial charge in [0.15, 0.2) is 0 Å². The molecule has 1 aromatic carbocycles. The molecule has 3 N–H and O–H groups in total. The minimum atomic E-state index is -0.629. The number of carbonyl (C=O) groups is 3. The van der Waals surface area contributed by atoms with Gasteiger partial charge in [0.25, 0.3) is 0 Å². The fourth-order valence-corrected chi connectivity index (χ4v) is 2.00. The van der Waals surface area contributed by atoms with Gasteiger partial charge in [0, 0.05) is 18.7 Å². The van der Waals surface area contributed by atoms with E-state index in [4.69, 9.17) is 4.74 Å². The highest BCUT2D eigenvalue weighted by Crippen LogP contribution is 2.10. The van der Waals surface area contributed by atoms with Crippen LogP contribution in [0.5, 0.6) is 0 Å². The molecule has 0 aliphatic heterocycles. The molecule has 0 spiro atoms. The number of unbranched alkanes of at least 4 members (excludes halogenated alkanes) is 1. The second-order valence-electron chi connectivity index (χ2n) is 6.98. The summed E-state index contributed by atoms with van der Waals surface area (Å²) in [7, 11) is 0. The summed E-state index contributed by atoms with van der Waals surface area (Å²) in [6.45, 7) is 7.48. The number of ether oxygens (including phenoxy) is 1. The van der Waals surface area contributed by atoms with Gasteiger partial charge in [-0.2, -0.15) is 0 Å². The summed E-state index contributed by atoms with van der Waals surface area (Å²) < 4.78 is 5.06. The fraction of sp³-hybridized carbons (Fsp3) is 0.526. The van der Waals surface area contributed by atoms with E-state index in [1.165, 1.54) is 0 Å². The average Bonchev–Trinajstić information content (AvgIpc) is 2.56. The van der Waals surface area contributed by atoms with Crippen molar-refractivity contribution in [3.8, 4) is 0 Å². The van der Waals surface area contributed by atoms with E-state index in [1.54, 1.807) is 32.9 Å². The Bertz CT molecular complexity index is 606. The molecule has 0 aliphatic rings. The van der Waals surface area contributed by atoms with Gasteiger partial charge < -0.3 is 20.7 Å². The van der Waals surface area contributed by atoms with E-state index in [0.717, 1.165) is 24.1 Å². The zero-order valence-electron chi connectivity index (χ0n) is 16.0. The van der Waals surface area contributed by atoms with Crippen molar-refractivity contribution in [2.45, 2.75) is 59.1 Å². The lowest BCUT2D eigenvalue weighted by Crippen LogP contribution is -2.39. The summed E-state index contributed by atoms with van der Waals surface area (Å²) in [6.07, 6.45) is 1.73. The van der Waals surface area contributed by atoms with E-state index in [9.17, 15) is 14.4 Å². The zero-order chi connectivity index (χ0) is 19.6. The molecule has 144 valence electrons. The van der Waals surface area contributed by atoms with Crippen LogP contribution in [0.25, 0.3) is 0 Å². The maximum Gasteiger partial charge on any atom is 0.408 e. The highest BCUT2D eigenvalue weighted by molar-refractivity contribution is 5.90. The highest BCUT2D eigenvalue weighted by Gasteiger charge is 2.16. The molecular formula is C19H29N3O4. The molecular weight excluding hydrogens is 334 g/mol. The lowest BCUT2D eigenvalue weighted by molar-refractivity contribution is -0.120. The van der Waals surface area contributed by atoms with Crippen LogP contribution in [0.2, 0.25) is 0 Å². The molecule has 0 bridgehead atoms. The topological polar surface area (TPSA) is 96.5 Å². The van der Waals surface area contributed by atoms with Gasteiger partial charge in [0.2, 0.25) is 11.8 Å². The minimum absolute atomic E-state index is 0.00104. The van der Waals surface area contributed by atoms with E-state index in [2.05, 4.69) is 16.0 Å². The monoisotopic (exact) mass is 363 g/mol. The van der Waals surface area contributed by atoms with Crippen molar-refractivity contribution in [1.29, 1.82) is 0 Å². The van der Waals surface area contributed by atoms with Crippen LogP contribution >= 0.6 is 0 Å². The van der Waals surface area contributed by atoms with Gasteiger partial charge in [-0.25, -0.2) is 4.79 Å². The van der Waals surface area contributed by atoms with Gasteiger partial charge in [0.05, 0.1) is 0 Å². The van der Waals surface area contributed by atoms with Gasteiger partial charge in [-0.15, -0.1) is 0 Å². The van der Waals surface area contributed by atoms with Gasteiger partial charge >= 0.3 is 6.09 Å². The number of nitrogens with one attached hydrogen (secondary N) is 3. The predicted octanol–water partition coefficient (Wildman–Crippen LogP) is 2.96. The third-order valence-corrected chi connectivity index (χ3v) is 3.28. The van der Waals surface area contributed by atoms with E-state index in [-0.39, 0.29) is 18.4 Å². The Morgan fingerprint density at radius 2 is 1.65 bits per heavy atom. The van der Waals surface area contributed by atoms with Gasteiger partial charge in [-0.1, -0.05) is 25.5 Å². The Kier molecular flexibility index (Phi) is 8.61. The molecule has 1 rings (SSSR count). The first-order chi connectivity index (χ1) is 12.2. The minimum Gasteiger partial charge on any atom is -0.444 e. The van der Waals surface area contributed by atoms with Crippen molar-refractivity contribution in [2.24, 2.45) is 0 Å². The second-order valence-corrected chi connectivity index (χ2v) is 6.98. The van der Waals surface area contributed by atoms with E-state index in [0.29, 0.717) is 13.0 Å². The molecule has 0 saturated carbocycles. The van der Waals surface area contributed by atoms with E-state index < -0.39 is 11.7 Å². The second kappa shape index (κ2) is 10.4. The molecule has 0 saturated heterocycles. The molecule has 0 atom stereocenters. The van der Waals surface area contributed by atoms with Gasteiger partial charge in [-0.3, -0.25) is 9.59 Å². The number of hydrogen-bond donors (Lipinski definition) is 3. The molecule has 7 heteroatoms. The molecule has 0 aliphatic carbocycles. The smallest absolute Gasteiger partial charge is 0.408 e. The molecule has 0 unspecified atom stereocenters. The third-order valence-electron chi connectivity index (χ3n) is 3.28. The Labute approximate surface area is 154 Å². The lowest BCUT2D eigenvalue weighted by Gasteiger charge is -2.19. The van der Waals surface area contributed by atoms with Crippen LogP contribution in [0.3, 0.4) is 0 Å². The number of alkyl carbamates (subject to hydrolysis) is 1. The van der Waals surface area contributed by atoms with E-state index >= 15 is 0 Å². The third kappa shape index (κ3) is 9.66. The molecule has 26 heavy (non-hydrogen) atoms. The van der Waals surface area contributed by atoms with Crippen LogP contribution in [0, 0.1) is 0 Å². The van der Waals surface area contributed by atoms with Crippen molar-refractivity contribution in [2.75, 3.05) is 11.9 Å². The maximum absolute atomic E-state index is 11.8. The molecule has 7 nitrogen and oxygen atoms in total. The average molecular weight is 363 g/mol. The molecule has 0 fully saturated rings. The molecule has 1 aromatic rings. The van der Waals surface area contributed by atoms with Crippen molar-refractivity contribution in [3.63, 3.8) is 0 Å². The standard InChI is InChI=1S/C19H29N3O4/c1-5-6-7-16(23)22-15-10-8-14(9-11-15)12-20-17(24)13-21-18(25)26-19(2,3)4/h8-11H,5-7,12-13H2,1-4H3,(H,20,24)(H,21,25)(H,22,23). The van der Waals surface area contributed by atoms with Gasteiger partial charge in [-0.05, 0) is 44.9 Å². The molecule has 0 heterocycles. The maximum atomic E-state index is 11.8. The van der Waals surface area contributed by atoms with Crippen molar-refractivity contribution in [3.05, 3.63) is 29.8 Å². The summed E-state index contributed by atoms with van der Waals surface area (Å²) in [5.41, 5.74) is 1.02. The zero-order valence-corrected chi connectivity index (χ0v) is 16.0. The number of anilines is 1. The van der Waals surface area contributed by atoms with E-state index in [1.807, 2.05) is 19.1 Å². The number of rotatable bonds is 8. The number of hydrogen-bond acceptors (Lipinski definition) is 4. The Morgan fingerprint density at radius 3 is 2.23 bits per heavy atom. The first-order valence-electron chi connectivity index (χ1n) is 8.82. The van der Waals surface area contributed by atoms with Crippen molar-refractivity contribution >= 4 is 23.6 Å².